The van der Waals surface area contributed by atoms with E-state index < -0.39 is 18.0 Å². The van der Waals surface area contributed by atoms with Gasteiger partial charge in [-0.25, -0.2) is 0 Å². The second-order valence-corrected chi connectivity index (χ2v) is 6.34. The molecule has 0 radical (unpaired) electrons. The zero-order chi connectivity index (χ0) is 16.0. The van der Waals surface area contributed by atoms with Crippen molar-refractivity contribution in [3.05, 3.63) is 0 Å². The van der Waals surface area contributed by atoms with Gasteiger partial charge in [-0.3, -0.25) is 9.59 Å². The Hall–Kier alpha value is -0.940. The Morgan fingerprint density at radius 2 is 1.57 bits per heavy atom. The maximum atomic E-state index is 12.3. The maximum Gasteiger partial charge on any atom is 0.254 e. The molecule has 122 valence electrons. The van der Waals surface area contributed by atoms with Crippen LogP contribution in [-0.4, -0.2) is 48.7 Å². The van der Waals surface area contributed by atoms with Gasteiger partial charge in [0.1, 0.15) is 0 Å². The minimum atomic E-state index is -0.890. The molecule has 0 bridgehead atoms. The summed E-state index contributed by atoms with van der Waals surface area (Å²) < 4.78 is 11.3. The lowest BCUT2D eigenvalue weighted by Gasteiger charge is -2.19. The van der Waals surface area contributed by atoms with E-state index >= 15 is 0 Å². The predicted octanol–water partition coefficient (Wildman–Crippen LogP) is 2.52. The van der Waals surface area contributed by atoms with E-state index in [0.29, 0.717) is 6.42 Å². The summed E-state index contributed by atoms with van der Waals surface area (Å²) in [6, 6.07) is 0. The highest BCUT2D eigenvalue weighted by Gasteiger charge is 2.48. The summed E-state index contributed by atoms with van der Waals surface area (Å²) in [7, 11) is 3.31. The third-order valence-corrected chi connectivity index (χ3v) is 3.62. The molecule has 1 amide bonds. The van der Waals surface area contributed by atoms with Crippen LogP contribution < -0.4 is 0 Å². The van der Waals surface area contributed by atoms with E-state index in [0.717, 1.165) is 19.3 Å². The molecular weight excluding hydrogens is 270 g/mol. The molecule has 21 heavy (non-hydrogen) atoms. The lowest BCUT2D eigenvalue weighted by molar-refractivity contribution is -0.161. The normalized spacial score (nSPS) is 24.0. The molecular formula is C16H29NO4. The second kappa shape index (κ2) is 7.90. The third kappa shape index (κ3) is 5.40. The van der Waals surface area contributed by atoms with Crippen molar-refractivity contribution in [2.45, 2.75) is 77.3 Å². The van der Waals surface area contributed by atoms with Crippen molar-refractivity contribution >= 4 is 11.7 Å². The molecule has 0 aliphatic carbocycles. The van der Waals surface area contributed by atoms with Crippen LogP contribution in [0.5, 0.6) is 0 Å². The minimum Gasteiger partial charge on any atom is -0.346 e. The number of Topliss-reactive ketones (excluding diaryl/α,β-unsaturated/α-hetero) is 1. The van der Waals surface area contributed by atoms with Crippen molar-refractivity contribution in [3.63, 3.8) is 0 Å². The van der Waals surface area contributed by atoms with Crippen LogP contribution in [0.3, 0.4) is 0 Å². The van der Waals surface area contributed by atoms with Gasteiger partial charge in [-0.2, -0.15) is 0 Å². The van der Waals surface area contributed by atoms with Gasteiger partial charge < -0.3 is 14.4 Å². The van der Waals surface area contributed by atoms with Crippen molar-refractivity contribution < 1.29 is 19.1 Å². The first-order valence-electron chi connectivity index (χ1n) is 7.88. The number of hydrogen-bond donors (Lipinski definition) is 0. The van der Waals surface area contributed by atoms with Crippen LogP contribution in [0.4, 0.5) is 0 Å². The molecule has 1 rings (SSSR count). The van der Waals surface area contributed by atoms with Crippen LogP contribution >= 0.6 is 0 Å². The molecule has 5 heteroatoms. The summed E-state index contributed by atoms with van der Waals surface area (Å²) in [4.78, 5) is 25.9. The lowest BCUT2D eigenvalue weighted by atomic mass is 10.0. The standard InChI is InChI=1S/C16H29NO4/c1-6-7-8-9-10-11-12(18)13-14(15(19)17(4)5)21-16(2,3)20-13/h13-14H,6-11H2,1-5H3/t13-,14+/m0/s1. The van der Waals surface area contributed by atoms with E-state index in [4.69, 9.17) is 9.47 Å². The van der Waals surface area contributed by atoms with Crippen LogP contribution in [-0.2, 0) is 19.1 Å². The minimum absolute atomic E-state index is 0.0303. The van der Waals surface area contributed by atoms with E-state index in [1.807, 2.05) is 0 Å². The summed E-state index contributed by atoms with van der Waals surface area (Å²) in [5.41, 5.74) is 0. The van der Waals surface area contributed by atoms with Gasteiger partial charge in [-0.05, 0) is 20.3 Å². The van der Waals surface area contributed by atoms with Gasteiger partial charge in [0.2, 0.25) is 0 Å². The summed E-state index contributed by atoms with van der Waals surface area (Å²) in [5.74, 6) is -1.14. The van der Waals surface area contributed by atoms with Gasteiger partial charge in [0.15, 0.2) is 23.8 Å². The number of likely N-dealkylation sites (N-methyl/N-ethyl adjacent to an activating group) is 1. The fraction of sp³-hybridized carbons (Fsp3) is 0.875. The number of ether oxygens (including phenoxy) is 2. The van der Waals surface area contributed by atoms with Gasteiger partial charge in [-0.1, -0.05) is 32.6 Å². The number of nitrogens with zero attached hydrogens (tertiary/aromatic N) is 1. The van der Waals surface area contributed by atoms with Crippen molar-refractivity contribution in [1.82, 2.24) is 4.90 Å². The summed E-state index contributed by atoms with van der Waals surface area (Å²) in [6.07, 6.45) is 4.28. The first-order chi connectivity index (χ1) is 9.78. The fourth-order valence-electron chi connectivity index (χ4n) is 2.48. The zero-order valence-electron chi connectivity index (χ0n) is 14.0. The van der Waals surface area contributed by atoms with E-state index in [9.17, 15) is 9.59 Å². The Bertz CT molecular complexity index is 365. The summed E-state index contributed by atoms with van der Waals surface area (Å²) in [5, 5.41) is 0. The molecule has 1 aliphatic heterocycles. The Kier molecular flexibility index (Phi) is 6.81. The third-order valence-electron chi connectivity index (χ3n) is 3.62. The first kappa shape index (κ1) is 18.1. The summed E-state index contributed by atoms with van der Waals surface area (Å²) >= 11 is 0. The van der Waals surface area contributed by atoms with Crippen molar-refractivity contribution in [2.75, 3.05) is 14.1 Å². The van der Waals surface area contributed by atoms with E-state index in [2.05, 4.69) is 6.92 Å². The zero-order valence-corrected chi connectivity index (χ0v) is 14.0. The number of unbranched alkanes of at least 4 members (excludes halogenated alkanes) is 4. The number of carbonyl (C=O) groups excluding carboxylic acids is 2. The molecule has 0 aromatic heterocycles. The van der Waals surface area contributed by atoms with Crippen molar-refractivity contribution in [2.24, 2.45) is 0 Å². The van der Waals surface area contributed by atoms with Crippen LogP contribution in [0.25, 0.3) is 0 Å². The molecule has 0 spiro atoms. The maximum absolute atomic E-state index is 12.3. The summed E-state index contributed by atoms with van der Waals surface area (Å²) in [6.45, 7) is 5.63. The Morgan fingerprint density at radius 3 is 2.14 bits per heavy atom. The Balaban J connectivity index is 2.56. The van der Waals surface area contributed by atoms with Gasteiger partial charge in [-0.15, -0.1) is 0 Å². The number of ketones is 1. The number of rotatable bonds is 8. The number of carbonyl (C=O) groups is 2. The molecule has 1 aliphatic rings. The monoisotopic (exact) mass is 299 g/mol. The average molecular weight is 299 g/mol. The molecule has 2 atom stereocenters. The second-order valence-electron chi connectivity index (χ2n) is 6.34. The van der Waals surface area contributed by atoms with Gasteiger partial charge >= 0.3 is 0 Å². The average Bonchev–Trinajstić information content (AvgIpc) is 2.73. The molecule has 0 aromatic carbocycles. The van der Waals surface area contributed by atoms with Crippen LogP contribution in [0, 0.1) is 0 Å². The van der Waals surface area contributed by atoms with Crippen LogP contribution in [0.15, 0.2) is 0 Å². The van der Waals surface area contributed by atoms with E-state index in [1.165, 1.54) is 17.7 Å². The first-order valence-corrected chi connectivity index (χ1v) is 7.88. The quantitative estimate of drug-likeness (QED) is 0.646. The molecule has 1 saturated heterocycles. The van der Waals surface area contributed by atoms with E-state index in [-0.39, 0.29) is 11.7 Å². The number of amides is 1. The largest absolute Gasteiger partial charge is 0.346 e. The molecule has 1 fully saturated rings. The van der Waals surface area contributed by atoms with Gasteiger partial charge in [0, 0.05) is 20.5 Å². The van der Waals surface area contributed by atoms with Crippen LogP contribution in [0.1, 0.15) is 59.3 Å². The molecule has 0 aromatic rings. The molecule has 5 nitrogen and oxygen atoms in total. The molecule has 1 heterocycles. The Morgan fingerprint density at radius 1 is 1.00 bits per heavy atom. The molecule has 0 unspecified atom stereocenters. The van der Waals surface area contributed by atoms with Crippen molar-refractivity contribution in [3.8, 4) is 0 Å². The van der Waals surface area contributed by atoms with Crippen molar-refractivity contribution in [1.29, 1.82) is 0 Å². The highest BCUT2D eigenvalue weighted by molar-refractivity contribution is 5.92. The van der Waals surface area contributed by atoms with Gasteiger partial charge in [0.25, 0.3) is 5.91 Å². The number of hydrogen-bond acceptors (Lipinski definition) is 4. The van der Waals surface area contributed by atoms with E-state index in [1.54, 1.807) is 27.9 Å². The smallest absolute Gasteiger partial charge is 0.254 e. The fourth-order valence-corrected chi connectivity index (χ4v) is 2.48. The molecule has 0 saturated carbocycles. The Labute approximate surface area is 128 Å². The SMILES string of the molecule is CCCCCCCC(=O)[C@@H]1OC(C)(C)O[C@H]1C(=O)N(C)C. The lowest BCUT2D eigenvalue weighted by Crippen LogP contribution is -2.43. The highest BCUT2D eigenvalue weighted by atomic mass is 16.8. The molecule has 0 N–H and O–H groups in total. The topological polar surface area (TPSA) is 55.8 Å². The van der Waals surface area contributed by atoms with Crippen LogP contribution in [0.2, 0.25) is 0 Å². The highest BCUT2D eigenvalue weighted by Crippen LogP contribution is 2.30. The predicted molar refractivity (Wildman–Crippen MR) is 80.9 cm³/mol. The van der Waals surface area contributed by atoms with Gasteiger partial charge in [0.05, 0.1) is 0 Å².